The molecule has 1 heterocycles. The number of imidazole rings is 1. The molecule has 0 bridgehead atoms. The Labute approximate surface area is 102 Å². The van der Waals surface area contributed by atoms with Crippen molar-refractivity contribution in [2.45, 2.75) is 51.6 Å². The van der Waals surface area contributed by atoms with Gasteiger partial charge in [0.15, 0.2) is 0 Å². The van der Waals surface area contributed by atoms with E-state index in [0.717, 1.165) is 38.1 Å². The number of carbonyl (C=O) groups is 1. The lowest BCUT2D eigenvalue weighted by atomic mass is 9.82. The van der Waals surface area contributed by atoms with E-state index in [4.69, 9.17) is 5.73 Å². The first-order chi connectivity index (χ1) is 8.20. The molecule has 4 heteroatoms. The zero-order valence-electron chi connectivity index (χ0n) is 10.4. The summed E-state index contributed by atoms with van der Waals surface area (Å²) in [4.78, 5) is 16.4. The molecule has 0 aromatic carbocycles. The topological polar surface area (TPSA) is 60.9 Å². The van der Waals surface area contributed by atoms with Gasteiger partial charge in [0.25, 0.3) is 0 Å². The van der Waals surface area contributed by atoms with Crippen LogP contribution in [0.4, 0.5) is 0 Å². The second-order valence-corrected chi connectivity index (χ2v) is 4.90. The Bertz CT molecular complexity index is 386. The molecule has 2 N–H and O–H groups in total. The number of ketones is 1. The zero-order chi connectivity index (χ0) is 12.3. The van der Waals surface area contributed by atoms with Crippen molar-refractivity contribution in [3.8, 4) is 0 Å². The summed E-state index contributed by atoms with van der Waals surface area (Å²) in [6, 6.07) is 0.212. The number of Topliss-reactive ketones (excluding diaryl/α,β-unsaturated/α-hetero) is 1. The lowest BCUT2D eigenvalue weighted by Crippen LogP contribution is -2.32. The van der Waals surface area contributed by atoms with Gasteiger partial charge in [0.05, 0.1) is 6.42 Å². The van der Waals surface area contributed by atoms with Gasteiger partial charge >= 0.3 is 0 Å². The highest BCUT2D eigenvalue weighted by atomic mass is 16.1. The summed E-state index contributed by atoms with van der Waals surface area (Å²) in [6.07, 6.45) is 8.14. The quantitative estimate of drug-likeness (QED) is 0.861. The smallest absolute Gasteiger partial charge is 0.143 e. The molecule has 0 amide bonds. The number of nitrogens with two attached hydrogens (primary N) is 1. The van der Waals surface area contributed by atoms with Gasteiger partial charge in [0, 0.05) is 30.9 Å². The molecule has 1 aliphatic rings. The Morgan fingerprint density at radius 2 is 2.41 bits per heavy atom. The molecule has 2 unspecified atom stereocenters. The van der Waals surface area contributed by atoms with Crippen LogP contribution < -0.4 is 5.73 Å². The van der Waals surface area contributed by atoms with Gasteiger partial charge in [-0.25, -0.2) is 4.98 Å². The van der Waals surface area contributed by atoms with Gasteiger partial charge in [-0.15, -0.1) is 0 Å². The third-order valence-corrected chi connectivity index (χ3v) is 3.64. The van der Waals surface area contributed by atoms with Crippen molar-refractivity contribution in [2.24, 2.45) is 11.7 Å². The first kappa shape index (κ1) is 12.3. The van der Waals surface area contributed by atoms with Crippen molar-refractivity contribution in [1.29, 1.82) is 0 Å². The van der Waals surface area contributed by atoms with Crippen LogP contribution in [0.2, 0.25) is 0 Å². The predicted molar refractivity (Wildman–Crippen MR) is 66.5 cm³/mol. The minimum Gasteiger partial charge on any atom is -0.335 e. The second-order valence-electron chi connectivity index (χ2n) is 4.90. The minimum absolute atomic E-state index is 0.153. The van der Waals surface area contributed by atoms with Crippen molar-refractivity contribution < 1.29 is 4.79 Å². The number of hydrogen-bond donors (Lipinski definition) is 1. The highest BCUT2D eigenvalue weighted by Gasteiger charge is 2.25. The number of nitrogens with zero attached hydrogens (tertiary/aromatic N) is 2. The van der Waals surface area contributed by atoms with E-state index in [2.05, 4.69) is 11.9 Å². The van der Waals surface area contributed by atoms with Crippen molar-refractivity contribution >= 4 is 5.78 Å². The normalized spacial score (nSPS) is 24.8. The van der Waals surface area contributed by atoms with Crippen molar-refractivity contribution in [1.82, 2.24) is 9.55 Å². The van der Waals surface area contributed by atoms with E-state index in [1.54, 1.807) is 6.20 Å². The Hall–Kier alpha value is -1.16. The molecule has 2 rings (SSSR count). The van der Waals surface area contributed by atoms with Gasteiger partial charge < -0.3 is 10.3 Å². The minimum atomic E-state index is 0.153. The highest BCUT2D eigenvalue weighted by Crippen LogP contribution is 2.24. The molecule has 1 aromatic rings. The standard InChI is InChI=1S/C13H21N3O/c1-2-16-7-6-15-13(16)9-12(17)10-4-3-5-11(14)8-10/h6-7,10-11H,2-5,8-9,14H2,1H3. The molecule has 1 fully saturated rings. The molecule has 0 aliphatic heterocycles. The maximum atomic E-state index is 12.2. The maximum Gasteiger partial charge on any atom is 0.143 e. The van der Waals surface area contributed by atoms with Gasteiger partial charge in [-0.05, 0) is 26.2 Å². The van der Waals surface area contributed by atoms with Gasteiger partial charge in [-0.1, -0.05) is 6.42 Å². The fourth-order valence-electron chi connectivity index (χ4n) is 2.62. The lowest BCUT2D eigenvalue weighted by Gasteiger charge is -2.25. The number of hydrogen-bond acceptors (Lipinski definition) is 3. The van der Waals surface area contributed by atoms with E-state index >= 15 is 0 Å². The summed E-state index contributed by atoms with van der Waals surface area (Å²) >= 11 is 0. The molecule has 4 nitrogen and oxygen atoms in total. The van der Waals surface area contributed by atoms with Gasteiger partial charge in [0.1, 0.15) is 11.6 Å². The van der Waals surface area contributed by atoms with Crippen LogP contribution in [0.3, 0.4) is 0 Å². The molecular weight excluding hydrogens is 214 g/mol. The van der Waals surface area contributed by atoms with E-state index < -0.39 is 0 Å². The monoisotopic (exact) mass is 235 g/mol. The molecule has 1 aliphatic carbocycles. The van der Waals surface area contributed by atoms with Crippen LogP contribution in [0.5, 0.6) is 0 Å². The Morgan fingerprint density at radius 1 is 1.59 bits per heavy atom. The number of aromatic nitrogens is 2. The van der Waals surface area contributed by atoms with E-state index in [1.165, 1.54) is 0 Å². The molecule has 2 atom stereocenters. The van der Waals surface area contributed by atoms with Crippen molar-refractivity contribution in [3.05, 3.63) is 18.2 Å². The molecule has 94 valence electrons. The summed E-state index contributed by atoms with van der Waals surface area (Å²) in [5.41, 5.74) is 5.92. The zero-order valence-corrected chi connectivity index (χ0v) is 10.4. The first-order valence-electron chi connectivity index (χ1n) is 6.49. The molecule has 1 saturated carbocycles. The van der Waals surface area contributed by atoms with Crippen LogP contribution in [0.25, 0.3) is 0 Å². The average Bonchev–Trinajstić information content (AvgIpc) is 2.76. The summed E-state index contributed by atoms with van der Waals surface area (Å²) in [7, 11) is 0. The Morgan fingerprint density at radius 3 is 3.12 bits per heavy atom. The molecule has 0 radical (unpaired) electrons. The number of rotatable bonds is 4. The second kappa shape index (κ2) is 5.45. The third kappa shape index (κ3) is 2.94. The van der Waals surface area contributed by atoms with Crippen LogP contribution >= 0.6 is 0 Å². The summed E-state index contributed by atoms with van der Waals surface area (Å²) in [6.45, 7) is 2.93. The number of aryl methyl sites for hydroxylation is 1. The fraction of sp³-hybridized carbons (Fsp3) is 0.692. The lowest BCUT2D eigenvalue weighted by molar-refractivity contribution is -0.123. The van der Waals surface area contributed by atoms with Crippen LogP contribution in [0.15, 0.2) is 12.4 Å². The SMILES string of the molecule is CCn1ccnc1CC(=O)C1CCCC(N)C1. The molecule has 17 heavy (non-hydrogen) atoms. The van der Waals surface area contributed by atoms with E-state index in [9.17, 15) is 4.79 Å². The molecule has 0 spiro atoms. The first-order valence-corrected chi connectivity index (χ1v) is 6.49. The molecular formula is C13H21N3O. The largest absolute Gasteiger partial charge is 0.335 e. The highest BCUT2D eigenvalue weighted by molar-refractivity contribution is 5.82. The van der Waals surface area contributed by atoms with Crippen LogP contribution in [-0.4, -0.2) is 21.4 Å². The molecule has 1 aromatic heterocycles. The fourth-order valence-corrected chi connectivity index (χ4v) is 2.62. The van der Waals surface area contributed by atoms with E-state index in [1.807, 2.05) is 10.8 Å². The summed E-state index contributed by atoms with van der Waals surface area (Å²) < 4.78 is 2.03. The Kier molecular flexibility index (Phi) is 3.94. The van der Waals surface area contributed by atoms with E-state index in [0.29, 0.717) is 12.2 Å². The average molecular weight is 235 g/mol. The van der Waals surface area contributed by atoms with Crippen LogP contribution in [-0.2, 0) is 17.8 Å². The third-order valence-electron chi connectivity index (χ3n) is 3.64. The van der Waals surface area contributed by atoms with Gasteiger partial charge in [0.2, 0.25) is 0 Å². The van der Waals surface area contributed by atoms with Crippen LogP contribution in [0.1, 0.15) is 38.4 Å². The maximum absolute atomic E-state index is 12.2. The predicted octanol–water partition coefficient (Wildman–Crippen LogP) is 1.53. The van der Waals surface area contributed by atoms with Crippen LogP contribution in [0, 0.1) is 5.92 Å². The summed E-state index contributed by atoms with van der Waals surface area (Å²) in [5, 5.41) is 0. The van der Waals surface area contributed by atoms with Crippen molar-refractivity contribution in [3.63, 3.8) is 0 Å². The van der Waals surface area contributed by atoms with E-state index in [-0.39, 0.29) is 12.0 Å². The number of carbonyl (C=O) groups excluding carboxylic acids is 1. The van der Waals surface area contributed by atoms with Gasteiger partial charge in [-0.2, -0.15) is 0 Å². The summed E-state index contributed by atoms with van der Waals surface area (Å²) in [5.74, 6) is 1.35. The van der Waals surface area contributed by atoms with Gasteiger partial charge in [-0.3, -0.25) is 4.79 Å². The molecule has 0 saturated heterocycles. The Balaban J connectivity index is 1.96. The van der Waals surface area contributed by atoms with Crippen molar-refractivity contribution in [2.75, 3.05) is 0 Å².